The highest BCUT2D eigenvalue weighted by atomic mass is 16.7. The minimum Gasteiger partial charge on any atom is -0.394 e. The van der Waals surface area contributed by atoms with Gasteiger partial charge in [-0.15, -0.1) is 0 Å². The Balaban J connectivity index is 1.62. The van der Waals surface area contributed by atoms with Gasteiger partial charge in [-0.05, 0) is 51.4 Å². The van der Waals surface area contributed by atoms with Crippen molar-refractivity contribution in [2.24, 2.45) is 0 Å². The van der Waals surface area contributed by atoms with Crippen LogP contribution < -0.4 is 5.32 Å². The number of nitrogens with one attached hydrogen (secondary N) is 1. The maximum Gasteiger partial charge on any atom is 0.220 e. The highest BCUT2D eigenvalue weighted by molar-refractivity contribution is 5.76. The van der Waals surface area contributed by atoms with Crippen LogP contribution in [0.15, 0.2) is 36.5 Å². The zero-order valence-electron chi connectivity index (χ0n) is 56.5. The molecule has 14 heteroatoms. The Morgan fingerprint density at radius 3 is 1.15 bits per heavy atom. The summed E-state index contributed by atoms with van der Waals surface area (Å²) in [5.74, 6) is -0.201. The molecule has 2 rings (SSSR count). The molecule has 2 aliphatic rings. The number of amides is 1. The maximum absolute atomic E-state index is 13.4. The van der Waals surface area contributed by atoms with Crippen LogP contribution in [0.4, 0.5) is 0 Å². The van der Waals surface area contributed by atoms with Gasteiger partial charge >= 0.3 is 0 Å². The van der Waals surface area contributed by atoms with E-state index in [-0.39, 0.29) is 12.5 Å². The van der Waals surface area contributed by atoms with Crippen LogP contribution >= 0.6 is 0 Å². The first-order chi connectivity index (χ1) is 43.1. The summed E-state index contributed by atoms with van der Waals surface area (Å²) in [5.41, 5.74) is 0. The van der Waals surface area contributed by atoms with Crippen molar-refractivity contribution in [2.45, 2.75) is 408 Å². The molecule has 12 unspecified atom stereocenters. The molecule has 0 spiro atoms. The van der Waals surface area contributed by atoms with Crippen LogP contribution in [0.1, 0.15) is 335 Å². The Labute approximate surface area is 538 Å². The molecule has 0 aliphatic carbocycles. The van der Waals surface area contributed by atoms with E-state index in [9.17, 15) is 45.6 Å². The first kappa shape index (κ1) is 82.3. The first-order valence-electron chi connectivity index (χ1n) is 37.2. The molecule has 2 saturated heterocycles. The zero-order valence-corrected chi connectivity index (χ0v) is 56.5. The van der Waals surface area contributed by atoms with Crippen LogP contribution in [0.5, 0.6) is 0 Å². The topological polar surface area (TPSA) is 228 Å². The molecule has 2 heterocycles. The Kier molecular flexibility index (Phi) is 55.2. The minimum atomic E-state index is -1.78. The number of unbranched alkanes of at least 4 members (excludes halogenated alkanes) is 43. The predicted octanol–water partition coefficient (Wildman–Crippen LogP) is 15.7. The van der Waals surface area contributed by atoms with Crippen LogP contribution in [0.2, 0.25) is 0 Å². The number of hydrogen-bond donors (Lipinski definition) is 9. The minimum absolute atomic E-state index is 0.201. The van der Waals surface area contributed by atoms with Gasteiger partial charge in [0.2, 0.25) is 5.91 Å². The predicted molar refractivity (Wildman–Crippen MR) is 360 cm³/mol. The summed E-state index contributed by atoms with van der Waals surface area (Å²) < 4.78 is 22.9. The molecule has 0 aromatic carbocycles. The quantitative estimate of drug-likeness (QED) is 0.0204. The van der Waals surface area contributed by atoms with E-state index in [1.165, 1.54) is 244 Å². The number of aliphatic hydroxyl groups is 8. The molecule has 0 bridgehead atoms. The number of allylic oxidation sites excluding steroid dienone is 6. The highest BCUT2D eigenvalue weighted by Crippen LogP contribution is 2.30. The lowest BCUT2D eigenvalue weighted by Gasteiger charge is -2.46. The molecule has 14 nitrogen and oxygen atoms in total. The van der Waals surface area contributed by atoms with Crippen LogP contribution in [0.25, 0.3) is 0 Å². The fourth-order valence-electron chi connectivity index (χ4n) is 12.4. The van der Waals surface area contributed by atoms with Gasteiger partial charge in [0.25, 0.3) is 0 Å². The van der Waals surface area contributed by atoms with Gasteiger partial charge < -0.3 is 65.1 Å². The molecule has 0 aromatic heterocycles. The zero-order chi connectivity index (χ0) is 63.8. The number of hydrogen-bond acceptors (Lipinski definition) is 13. The second-order valence-electron chi connectivity index (χ2n) is 26.4. The SMILES string of the molecule is CCCCCCC/C=C\C/C=C\C/C=C\CCCCCCCCCCCCCCCCCCCCC(=O)NC(COC1OC(CO)C(OC2OC(CO)C(O)C(O)C2O)C(O)C1O)C(O)CCCCCCCCCCCCCCCCCCCCCCC. The van der Waals surface area contributed by atoms with Crippen molar-refractivity contribution < 1.29 is 64.6 Å². The lowest BCUT2D eigenvalue weighted by atomic mass is 9.97. The van der Waals surface area contributed by atoms with Crippen molar-refractivity contribution in [3.8, 4) is 0 Å². The summed E-state index contributed by atoms with van der Waals surface area (Å²) in [6.45, 7) is 2.90. The standard InChI is InChI=1S/C74H139NO13/c1-3-5-7-9-11-13-15-17-19-21-23-25-26-27-28-29-30-31-32-33-34-35-36-38-40-42-44-46-48-50-52-54-56-58-66(79)75-62(63(78)57-55-53-51-49-47-45-43-41-39-37-24-22-20-18-16-14-12-10-8-6-4-2)61-85-73-71(84)69(82)72(65(60-77)87-73)88-74-70(83)68(81)67(80)64(59-76)86-74/h15,17,21,23,26-27,62-65,67-74,76-78,80-84H,3-14,16,18-20,22,24-25,28-61H2,1-2H3,(H,75,79)/b17-15-,23-21-,27-26-. The summed E-state index contributed by atoms with van der Waals surface area (Å²) in [6.07, 6.45) is 58.8. The molecule has 88 heavy (non-hydrogen) atoms. The third kappa shape index (κ3) is 42.4. The lowest BCUT2D eigenvalue weighted by molar-refractivity contribution is -0.359. The summed E-state index contributed by atoms with van der Waals surface area (Å²) in [5, 5.41) is 87.7. The average Bonchev–Trinajstić information content (AvgIpc) is 2.07. The van der Waals surface area contributed by atoms with Gasteiger partial charge in [0.05, 0.1) is 32.0 Å². The number of carbonyl (C=O) groups excluding carboxylic acids is 1. The van der Waals surface area contributed by atoms with Gasteiger partial charge in [-0.1, -0.05) is 314 Å². The van der Waals surface area contributed by atoms with Crippen LogP contribution in [-0.2, 0) is 23.7 Å². The summed E-state index contributed by atoms with van der Waals surface area (Å²) in [6, 6.07) is -0.829. The van der Waals surface area contributed by atoms with Gasteiger partial charge in [0.15, 0.2) is 12.6 Å². The number of ether oxygens (including phenoxy) is 4. The van der Waals surface area contributed by atoms with Gasteiger partial charge in [0, 0.05) is 6.42 Å². The van der Waals surface area contributed by atoms with E-state index in [1.807, 2.05) is 0 Å². The van der Waals surface area contributed by atoms with Gasteiger partial charge in [-0.25, -0.2) is 0 Å². The number of aliphatic hydroxyl groups excluding tert-OH is 8. The van der Waals surface area contributed by atoms with E-state index < -0.39 is 86.8 Å². The molecule has 0 radical (unpaired) electrons. The van der Waals surface area contributed by atoms with E-state index in [0.717, 1.165) is 64.2 Å². The van der Waals surface area contributed by atoms with E-state index >= 15 is 0 Å². The molecule has 518 valence electrons. The average molecular weight is 1250 g/mol. The molecule has 12 atom stereocenters. The fourth-order valence-corrected chi connectivity index (χ4v) is 12.4. The summed E-state index contributed by atoms with van der Waals surface area (Å²) >= 11 is 0. The summed E-state index contributed by atoms with van der Waals surface area (Å²) in [4.78, 5) is 13.4. The third-order valence-corrected chi connectivity index (χ3v) is 18.4. The Morgan fingerprint density at radius 2 is 0.750 bits per heavy atom. The smallest absolute Gasteiger partial charge is 0.220 e. The molecular formula is C74H139NO13. The van der Waals surface area contributed by atoms with Crippen molar-refractivity contribution in [1.29, 1.82) is 0 Å². The van der Waals surface area contributed by atoms with E-state index in [0.29, 0.717) is 12.8 Å². The monoisotopic (exact) mass is 1250 g/mol. The largest absolute Gasteiger partial charge is 0.394 e. The fraction of sp³-hybridized carbons (Fsp3) is 0.905. The van der Waals surface area contributed by atoms with Crippen molar-refractivity contribution >= 4 is 5.91 Å². The normalized spacial score (nSPS) is 23.3. The number of rotatable bonds is 62. The Hall–Kier alpha value is -1.79. The maximum atomic E-state index is 13.4. The van der Waals surface area contributed by atoms with Crippen molar-refractivity contribution in [1.82, 2.24) is 5.32 Å². The van der Waals surface area contributed by atoms with Crippen molar-refractivity contribution in [3.63, 3.8) is 0 Å². The molecule has 2 fully saturated rings. The molecule has 0 aromatic rings. The molecule has 0 saturated carbocycles. The van der Waals surface area contributed by atoms with E-state index in [4.69, 9.17) is 18.9 Å². The van der Waals surface area contributed by atoms with Crippen molar-refractivity contribution in [2.75, 3.05) is 19.8 Å². The molecule has 2 aliphatic heterocycles. The second-order valence-corrected chi connectivity index (χ2v) is 26.4. The van der Waals surface area contributed by atoms with Gasteiger partial charge in [-0.2, -0.15) is 0 Å². The third-order valence-electron chi connectivity index (χ3n) is 18.4. The molecule has 1 amide bonds. The second kappa shape index (κ2) is 59.0. The molecule has 9 N–H and O–H groups in total. The van der Waals surface area contributed by atoms with Crippen molar-refractivity contribution in [3.05, 3.63) is 36.5 Å². The Morgan fingerprint density at radius 1 is 0.409 bits per heavy atom. The number of carbonyl (C=O) groups is 1. The first-order valence-corrected chi connectivity index (χ1v) is 37.2. The molecular weight excluding hydrogens is 1110 g/mol. The van der Waals surface area contributed by atoms with Gasteiger partial charge in [-0.3, -0.25) is 4.79 Å². The summed E-state index contributed by atoms with van der Waals surface area (Å²) in [7, 11) is 0. The van der Waals surface area contributed by atoms with Gasteiger partial charge in [0.1, 0.15) is 48.8 Å². The van der Waals surface area contributed by atoms with Crippen LogP contribution in [-0.4, -0.2) is 140 Å². The van der Waals surface area contributed by atoms with Crippen LogP contribution in [0.3, 0.4) is 0 Å². The van der Waals surface area contributed by atoms with E-state index in [1.54, 1.807) is 0 Å². The highest BCUT2D eigenvalue weighted by Gasteiger charge is 2.51. The lowest BCUT2D eigenvalue weighted by Crippen LogP contribution is -2.65. The van der Waals surface area contributed by atoms with E-state index in [2.05, 4.69) is 55.6 Å². The van der Waals surface area contributed by atoms with Crippen LogP contribution in [0, 0.1) is 0 Å². The Bertz CT molecular complexity index is 1620.